The van der Waals surface area contributed by atoms with Crippen molar-refractivity contribution in [1.29, 1.82) is 0 Å². The molecule has 1 aromatic carbocycles. The van der Waals surface area contributed by atoms with Crippen molar-refractivity contribution in [2.24, 2.45) is 0 Å². The van der Waals surface area contributed by atoms with Crippen LogP contribution in [0.15, 0.2) is 30.4 Å². The normalized spacial score (nSPS) is 10.3. The van der Waals surface area contributed by atoms with Crippen LogP contribution < -0.4 is 5.32 Å². The predicted octanol–water partition coefficient (Wildman–Crippen LogP) is 2.66. The zero-order valence-electron chi connectivity index (χ0n) is 8.87. The summed E-state index contributed by atoms with van der Waals surface area (Å²) in [5.41, 5.74) is 0.485. The number of benzene rings is 1. The summed E-state index contributed by atoms with van der Waals surface area (Å²) in [7, 11) is 1.23. The number of rotatable bonds is 3. The fraction of sp³-hybridized carbons (Fsp3) is 0.0909. The summed E-state index contributed by atoms with van der Waals surface area (Å²) >= 11 is 11.5. The van der Waals surface area contributed by atoms with E-state index >= 15 is 0 Å². The smallest absolute Gasteiger partial charge is 0.330 e. The largest absolute Gasteiger partial charge is 0.466 e. The van der Waals surface area contributed by atoms with Crippen LogP contribution in [0.3, 0.4) is 0 Å². The van der Waals surface area contributed by atoms with Gasteiger partial charge in [-0.2, -0.15) is 0 Å². The van der Waals surface area contributed by atoms with Crippen molar-refractivity contribution in [3.8, 4) is 0 Å². The predicted molar refractivity (Wildman–Crippen MR) is 66.2 cm³/mol. The molecule has 0 fully saturated rings. The summed E-state index contributed by atoms with van der Waals surface area (Å²) in [4.78, 5) is 22.1. The Morgan fingerprint density at radius 2 is 1.94 bits per heavy atom. The zero-order chi connectivity index (χ0) is 12.8. The zero-order valence-corrected chi connectivity index (χ0v) is 10.4. The van der Waals surface area contributed by atoms with Crippen LogP contribution >= 0.6 is 23.2 Å². The van der Waals surface area contributed by atoms with Crippen LogP contribution in [0.25, 0.3) is 0 Å². The van der Waals surface area contributed by atoms with Gasteiger partial charge >= 0.3 is 5.97 Å². The molecule has 0 aromatic heterocycles. The number of methoxy groups -OCH3 is 1. The summed E-state index contributed by atoms with van der Waals surface area (Å²) in [6.07, 6.45) is 2.08. The van der Waals surface area contributed by atoms with Crippen LogP contribution in [0.2, 0.25) is 10.0 Å². The van der Waals surface area contributed by atoms with E-state index in [-0.39, 0.29) is 0 Å². The number of carbonyl (C=O) groups is 2. The summed E-state index contributed by atoms with van der Waals surface area (Å²) in [5.74, 6) is -1.07. The molecule has 17 heavy (non-hydrogen) atoms. The molecular formula is C11H9Cl2NO3. The Balaban J connectivity index is 2.65. The van der Waals surface area contributed by atoms with Crippen molar-refractivity contribution in [2.45, 2.75) is 0 Å². The first kappa shape index (κ1) is 13.5. The van der Waals surface area contributed by atoms with Gasteiger partial charge in [-0.05, 0) is 18.2 Å². The number of anilines is 1. The minimum absolute atomic E-state index is 0.335. The Bertz CT molecular complexity index is 472. The van der Waals surface area contributed by atoms with E-state index in [0.717, 1.165) is 12.2 Å². The average molecular weight is 274 g/mol. The maximum absolute atomic E-state index is 11.3. The first-order valence-electron chi connectivity index (χ1n) is 4.55. The number of amides is 1. The monoisotopic (exact) mass is 273 g/mol. The lowest BCUT2D eigenvalue weighted by atomic mass is 10.3. The van der Waals surface area contributed by atoms with Gasteiger partial charge < -0.3 is 10.1 Å². The molecule has 0 spiro atoms. The lowest BCUT2D eigenvalue weighted by Gasteiger charge is -2.03. The summed E-state index contributed by atoms with van der Waals surface area (Å²) in [5, 5.41) is 3.25. The van der Waals surface area contributed by atoms with E-state index in [2.05, 4.69) is 10.1 Å². The van der Waals surface area contributed by atoms with Gasteiger partial charge in [0.05, 0.1) is 17.2 Å². The number of esters is 1. The number of ether oxygens (including phenoxy) is 1. The van der Waals surface area contributed by atoms with Gasteiger partial charge in [-0.15, -0.1) is 0 Å². The number of halogens is 2. The molecule has 1 rings (SSSR count). The Kier molecular flexibility index (Phi) is 5.00. The van der Waals surface area contributed by atoms with Crippen molar-refractivity contribution in [1.82, 2.24) is 0 Å². The van der Waals surface area contributed by atoms with Crippen molar-refractivity contribution in [2.75, 3.05) is 12.4 Å². The molecule has 0 bridgehead atoms. The van der Waals surface area contributed by atoms with Crippen molar-refractivity contribution in [3.63, 3.8) is 0 Å². The molecule has 4 nitrogen and oxygen atoms in total. The second kappa shape index (κ2) is 6.27. The molecule has 0 aliphatic carbocycles. The van der Waals surface area contributed by atoms with E-state index in [0.29, 0.717) is 15.7 Å². The Morgan fingerprint density at radius 3 is 2.53 bits per heavy atom. The molecule has 0 aliphatic rings. The van der Waals surface area contributed by atoms with Crippen LogP contribution in [-0.4, -0.2) is 19.0 Å². The lowest BCUT2D eigenvalue weighted by Crippen LogP contribution is -2.08. The number of nitrogens with one attached hydrogen (secondary N) is 1. The SMILES string of the molecule is COC(=O)/C=C/C(=O)Nc1ccc(Cl)c(Cl)c1. The molecule has 90 valence electrons. The van der Waals surface area contributed by atoms with E-state index in [4.69, 9.17) is 23.2 Å². The average Bonchev–Trinajstić information content (AvgIpc) is 2.31. The van der Waals surface area contributed by atoms with Crippen molar-refractivity contribution >= 4 is 40.8 Å². The Labute approximate surface area is 108 Å². The fourth-order valence-corrected chi connectivity index (χ4v) is 1.27. The molecule has 0 saturated heterocycles. The first-order chi connectivity index (χ1) is 8.02. The van der Waals surface area contributed by atoms with Crippen LogP contribution in [0, 0.1) is 0 Å². The highest BCUT2D eigenvalue weighted by Gasteiger charge is 2.02. The second-order valence-corrected chi connectivity index (χ2v) is 3.79. The molecule has 1 amide bonds. The minimum Gasteiger partial charge on any atom is -0.466 e. The lowest BCUT2D eigenvalue weighted by molar-refractivity contribution is -0.135. The minimum atomic E-state index is -0.603. The quantitative estimate of drug-likeness (QED) is 0.681. The van der Waals surface area contributed by atoms with Crippen LogP contribution in [-0.2, 0) is 14.3 Å². The van der Waals surface area contributed by atoms with Crippen LogP contribution in [0.5, 0.6) is 0 Å². The molecule has 0 heterocycles. The molecule has 0 unspecified atom stereocenters. The fourth-order valence-electron chi connectivity index (χ4n) is 0.970. The summed E-state index contributed by atoms with van der Waals surface area (Å²) < 4.78 is 4.34. The van der Waals surface area contributed by atoms with E-state index in [9.17, 15) is 9.59 Å². The first-order valence-corrected chi connectivity index (χ1v) is 5.30. The Hall–Kier alpha value is -1.52. The van der Waals surface area contributed by atoms with E-state index < -0.39 is 11.9 Å². The molecule has 0 atom stereocenters. The van der Waals surface area contributed by atoms with Crippen molar-refractivity contribution < 1.29 is 14.3 Å². The third kappa shape index (κ3) is 4.46. The van der Waals surface area contributed by atoms with Gasteiger partial charge in [0.1, 0.15) is 0 Å². The number of hydrogen-bond acceptors (Lipinski definition) is 3. The van der Waals surface area contributed by atoms with E-state index in [1.165, 1.54) is 13.2 Å². The van der Waals surface area contributed by atoms with Gasteiger partial charge in [0.25, 0.3) is 0 Å². The van der Waals surface area contributed by atoms with Crippen LogP contribution in [0.1, 0.15) is 0 Å². The highest BCUT2D eigenvalue weighted by molar-refractivity contribution is 6.42. The molecule has 0 aliphatic heterocycles. The molecule has 1 N–H and O–H groups in total. The van der Waals surface area contributed by atoms with Gasteiger partial charge in [-0.3, -0.25) is 4.79 Å². The summed E-state index contributed by atoms with van der Waals surface area (Å²) in [6.45, 7) is 0. The van der Waals surface area contributed by atoms with E-state index in [1.807, 2.05) is 0 Å². The summed E-state index contributed by atoms with van der Waals surface area (Å²) in [6, 6.07) is 4.66. The Morgan fingerprint density at radius 1 is 1.24 bits per heavy atom. The topological polar surface area (TPSA) is 55.4 Å². The maximum atomic E-state index is 11.3. The molecule has 0 radical (unpaired) electrons. The molecule has 0 saturated carbocycles. The highest BCUT2D eigenvalue weighted by atomic mass is 35.5. The van der Waals surface area contributed by atoms with Gasteiger partial charge in [-0.25, -0.2) is 4.79 Å². The van der Waals surface area contributed by atoms with E-state index in [1.54, 1.807) is 12.1 Å². The van der Waals surface area contributed by atoms with Crippen LogP contribution in [0.4, 0.5) is 5.69 Å². The van der Waals surface area contributed by atoms with Crippen molar-refractivity contribution in [3.05, 3.63) is 40.4 Å². The maximum Gasteiger partial charge on any atom is 0.330 e. The van der Waals surface area contributed by atoms with Gasteiger partial charge in [0.15, 0.2) is 0 Å². The number of hydrogen-bond donors (Lipinski definition) is 1. The van der Waals surface area contributed by atoms with Gasteiger partial charge in [-0.1, -0.05) is 23.2 Å². The van der Waals surface area contributed by atoms with Gasteiger partial charge in [0.2, 0.25) is 5.91 Å². The van der Waals surface area contributed by atoms with Gasteiger partial charge in [0, 0.05) is 17.8 Å². The second-order valence-electron chi connectivity index (χ2n) is 2.97. The standard InChI is InChI=1S/C11H9Cl2NO3/c1-17-11(16)5-4-10(15)14-7-2-3-8(12)9(13)6-7/h2-6H,1H3,(H,14,15)/b5-4+. The highest BCUT2D eigenvalue weighted by Crippen LogP contribution is 2.24. The third-order valence-electron chi connectivity index (χ3n) is 1.76. The molecular weight excluding hydrogens is 265 g/mol. The molecule has 1 aromatic rings. The third-order valence-corrected chi connectivity index (χ3v) is 2.50. The number of carbonyl (C=O) groups excluding carboxylic acids is 2. The molecule has 6 heteroatoms.